The summed E-state index contributed by atoms with van der Waals surface area (Å²) < 4.78 is 5.17. The van der Waals surface area contributed by atoms with Crippen molar-refractivity contribution in [2.75, 3.05) is 53.0 Å². The van der Waals surface area contributed by atoms with E-state index in [0.29, 0.717) is 18.8 Å². The van der Waals surface area contributed by atoms with Crippen LogP contribution in [0.2, 0.25) is 0 Å². The number of ether oxygens (including phenoxy) is 1. The summed E-state index contributed by atoms with van der Waals surface area (Å²) in [4.78, 5) is 17.8. The van der Waals surface area contributed by atoms with E-state index in [1.165, 1.54) is 5.56 Å². The molecule has 0 spiro atoms. The fourth-order valence-corrected chi connectivity index (χ4v) is 4.18. The van der Waals surface area contributed by atoms with Gasteiger partial charge in [0, 0.05) is 70.6 Å². The topological polar surface area (TPSA) is 44.8 Å². The Morgan fingerprint density at radius 1 is 1.00 bits per heavy atom. The van der Waals surface area contributed by atoms with E-state index < -0.39 is 0 Å². The largest absolute Gasteiger partial charge is 0.386 e. The number of piperazine rings is 1. The van der Waals surface area contributed by atoms with Crippen molar-refractivity contribution in [3.05, 3.63) is 47.2 Å². The standard InChI is InChI=1S/C23H35N3O2.ClH/c1-23(2)15-21(24-9-14-28-3)20(22(27)16-23)18-26-12-10-25(11-13-26)17-19-7-5-4-6-8-19;/h4-8,24H,9-18H2,1-3H3;1H. The number of halogens is 1. The van der Waals surface area contributed by atoms with Gasteiger partial charge in [-0.2, -0.15) is 0 Å². The van der Waals surface area contributed by atoms with Gasteiger partial charge in [-0.15, -0.1) is 12.4 Å². The maximum absolute atomic E-state index is 12.9. The number of nitrogens with zero attached hydrogens (tertiary/aromatic N) is 2. The molecule has 1 N–H and O–H groups in total. The minimum atomic E-state index is 0. The van der Waals surface area contributed by atoms with E-state index in [1.54, 1.807) is 7.11 Å². The normalized spacial score (nSPS) is 20.4. The van der Waals surface area contributed by atoms with Crippen LogP contribution in [0.1, 0.15) is 32.3 Å². The summed E-state index contributed by atoms with van der Waals surface area (Å²) in [6.07, 6.45) is 1.58. The first-order chi connectivity index (χ1) is 13.5. The van der Waals surface area contributed by atoms with Crippen LogP contribution in [0.3, 0.4) is 0 Å². The van der Waals surface area contributed by atoms with Crippen LogP contribution >= 0.6 is 12.4 Å². The summed E-state index contributed by atoms with van der Waals surface area (Å²) in [5, 5.41) is 3.49. The van der Waals surface area contributed by atoms with Gasteiger partial charge in [-0.1, -0.05) is 44.2 Å². The SMILES string of the molecule is COCCNC1=C(CN2CCN(Cc3ccccc3)CC2)C(=O)CC(C)(C)C1.Cl. The smallest absolute Gasteiger partial charge is 0.162 e. The third-order valence-corrected chi connectivity index (χ3v) is 5.74. The van der Waals surface area contributed by atoms with Gasteiger partial charge in [0.15, 0.2) is 5.78 Å². The zero-order chi connectivity index (χ0) is 20.0. The predicted octanol–water partition coefficient (Wildman–Crippen LogP) is 3.11. The zero-order valence-corrected chi connectivity index (χ0v) is 18.9. The van der Waals surface area contributed by atoms with Crippen molar-refractivity contribution in [1.82, 2.24) is 15.1 Å². The monoisotopic (exact) mass is 421 g/mol. The lowest BCUT2D eigenvalue weighted by atomic mass is 9.75. The van der Waals surface area contributed by atoms with E-state index in [0.717, 1.165) is 63.5 Å². The highest BCUT2D eigenvalue weighted by Crippen LogP contribution is 2.36. The van der Waals surface area contributed by atoms with Gasteiger partial charge in [0.25, 0.3) is 0 Å². The van der Waals surface area contributed by atoms with E-state index in [9.17, 15) is 4.79 Å². The van der Waals surface area contributed by atoms with Crippen LogP contribution in [0.5, 0.6) is 0 Å². The summed E-state index contributed by atoms with van der Waals surface area (Å²) in [5.41, 5.74) is 3.52. The molecule has 3 rings (SSSR count). The molecule has 5 nitrogen and oxygen atoms in total. The summed E-state index contributed by atoms with van der Waals surface area (Å²) in [6.45, 7) is 11.7. The van der Waals surface area contributed by atoms with Crippen LogP contribution in [0, 0.1) is 5.41 Å². The first kappa shape index (κ1) is 23.9. The molecule has 0 atom stereocenters. The van der Waals surface area contributed by atoms with Crippen molar-refractivity contribution in [2.24, 2.45) is 5.41 Å². The molecule has 1 heterocycles. The summed E-state index contributed by atoms with van der Waals surface area (Å²) in [7, 11) is 1.71. The van der Waals surface area contributed by atoms with Gasteiger partial charge < -0.3 is 10.1 Å². The van der Waals surface area contributed by atoms with Crippen LogP contribution in [-0.2, 0) is 16.1 Å². The highest BCUT2D eigenvalue weighted by molar-refractivity contribution is 5.97. The van der Waals surface area contributed by atoms with Crippen molar-refractivity contribution < 1.29 is 9.53 Å². The van der Waals surface area contributed by atoms with Crippen molar-refractivity contribution >= 4 is 18.2 Å². The number of hydrogen-bond acceptors (Lipinski definition) is 5. The van der Waals surface area contributed by atoms with Crippen LogP contribution in [-0.4, -0.2) is 68.6 Å². The van der Waals surface area contributed by atoms with E-state index in [2.05, 4.69) is 59.3 Å². The van der Waals surface area contributed by atoms with Gasteiger partial charge in [0.1, 0.15) is 0 Å². The molecule has 0 amide bonds. The molecule has 0 aromatic heterocycles. The van der Waals surface area contributed by atoms with E-state index in [4.69, 9.17) is 4.74 Å². The van der Waals surface area contributed by atoms with Crippen molar-refractivity contribution in [3.8, 4) is 0 Å². The Morgan fingerprint density at radius 3 is 2.24 bits per heavy atom. The van der Waals surface area contributed by atoms with Crippen LogP contribution < -0.4 is 5.32 Å². The Kier molecular flexibility index (Phi) is 9.15. The number of carbonyl (C=O) groups is 1. The Balaban J connectivity index is 0.00000300. The molecule has 1 aromatic rings. The maximum atomic E-state index is 12.9. The van der Waals surface area contributed by atoms with Gasteiger partial charge in [-0.25, -0.2) is 0 Å². The van der Waals surface area contributed by atoms with E-state index in [1.807, 2.05) is 0 Å². The highest BCUT2D eigenvalue weighted by Gasteiger charge is 2.33. The minimum absolute atomic E-state index is 0. The second-order valence-corrected chi connectivity index (χ2v) is 8.86. The first-order valence-electron chi connectivity index (χ1n) is 10.4. The molecule has 2 aliphatic rings. The quantitative estimate of drug-likeness (QED) is 0.653. The molecule has 1 aliphatic heterocycles. The highest BCUT2D eigenvalue weighted by atomic mass is 35.5. The van der Waals surface area contributed by atoms with Crippen LogP contribution in [0.4, 0.5) is 0 Å². The Hall–Kier alpha value is -1.40. The maximum Gasteiger partial charge on any atom is 0.162 e. The lowest BCUT2D eigenvalue weighted by molar-refractivity contribution is -0.118. The Bertz CT molecular complexity index is 683. The zero-order valence-electron chi connectivity index (χ0n) is 18.1. The fraction of sp³-hybridized carbons (Fsp3) is 0.609. The Morgan fingerprint density at radius 2 is 1.62 bits per heavy atom. The van der Waals surface area contributed by atoms with Gasteiger partial charge in [-0.3, -0.25) is 14.6 Å². The molecule has 1 fully saturated rings. The number of allylic oxidation sites excluding steroid dienone is 1. The number of benzene rings is 1. The third-order valence-electron chi connectivity index (χ3n) is 5.74. The van der Waals surface area contributed by atoms with Crippen molar-refractivity contribution in [3.63, 3.8) is 0 Å². The molecule has 0 radical (unpaired) electrons. The van der Waals surface area contributed by atoms with Crippen molar-refractivity contribution in [1.29, 1.82) is 0 Å². The van der Waals surface area contributed by atoms with E-state index >= 15 is 0 Å². The molecule has 1 aliphatic carbocycles. The second-order valence-electron chi connectivity index (χ2n) is 8.86. The second kappa shape index (κ2) is 11.1. The molecule has 6 heteroatoms. The lowest BCUT2D eigenvalue weighted by Gasteiger charge is -2.38. The van der Waals surface area contributed by atoms with Gasteiger partial charge in [-0.05, 0) is 17.4 Å². The molecule has 1 saturated heterocycles. The molecule has 1 aromatic carbocycles. The molecule has 0 bridgehead atoms. The predicted molar refractivity (Wildman–Crippen MR) is 120 cm³/mol. The molecular weight excluding hydrogens is 386 g/mol. The van der Waals surface area contributed by atoms with Gasteiger partial charge in [0.05, 0.1) is 6.61 Å². The van der Waals surface area contributed by atoms with E-state index in [-0.39, 0.29) is 17.8 Å². The molecular formula is C23H36ClN3O2. The number of ketones is 1. The molecule has 0 unspecified atom stereocenters. The van der Waals surface area contributed by atoms with Gasteiger partial charge >= 0.3 is 0 Å². The first-order valence-corrected chi connectivity index (χ1v) is 10.4. The number of methoxy groups -OCH3 is 1. The summed E-state index contributed by atoms with van der Waals surface area (Å²) in [6, 6.07) is 10.7. The lowest BCUT2D eigenvalue weighted by Crippen LogP contribution is -2.47. The summed E-state index contributed by atoms with van der Waals surface area (Å²) in [5.74, 6) is 0.308. The van der Waals surface area contributed by atoms with Crippen molar-refractivity contribution in [2.45, 2.75) is 33.2 Å². The molecule has 0 saturated carbocycles. The van der Waals surface area contributed by atoms with Gasteiger partial charge in [0.2, 0.25) is 0 Å². The van der Waals surface area contributed by atoms with Crippen LogP contribution in [0.15, 0.2) is 41.6 Å². The average molecular weight is 422 g/mol. The third kappa shape index (κ3) is 7.10. The molecule has 29 heavy (non-hydrogen) atoms. The fourth-order valence-electron chi connectivity index (χ4n) is 4.18. The summed E-state index contributed by atoms with van der Waals surface area (Å²) >= 11 is 0. The number of Topliss-reactive ketones (excluding diaryl/α,β-unsaturated/α-hetero) is 1. The molecule has 162 valence electrons. The number of carbonyl (C=O) groups excluding carboxylic acids is 1. The number of hydrogen-bond donors (Lipinski definition) is 1. The number of nitrogens with one attached hydrogen (secondary N) is 1. The Labute approximate surface area is 181 Å². The van der Waals surface area contributed by atoms with Crippen LogP contribution in [0.25, 0.3) is 0 Å². The number of rotatable bonds is 8. The minimum Gasteiger partial charge on any atom is -0.386 e. The average Bonchev–Trinajstić information content (AvgIpc) is 2.66.